The molecule has 1 aromatic carbocycles. The van der Waals surface area contributed by atoms with E-state index < -0.39 is 5.97 Å². The first-order chi connectivity index (χ1) is 7.11. The van der Waals surface area contributed by atoms with Crippen molar-refractivity contribution in [2.24, 2.45) is 0 Å². The van der Waals surface area contributed by atoms with Gasteiger partial charge in [-0.25, -0.2) is 4.79 Å². The minimum absolute atomic E-state index is 0.302. The van der Waals surface area contributed by atoms with E-state index in [-0.39, 0.29) is 0 Å². The van der Waals surface area contributed by atoms with Crippen LogP contribution in [0.1, 0.15) is 22.8 Å². The first-order valence-corrected chi connectivity index (χ1v) is 5.88. The number of carboxylic acids is 1. The Morgan fingerprint density at radius 1 is 1.53 bits per heavy atom. The van der Waals surface area contributed by atoms with Crippen LogP contribution in [0.2, 0.25) is 0 Å². The molecule has 0 aliphatic rings. The monoisotopic (exact) mass is 226 g/mol. The first kappa shape index (κ1) is 11.9. The molecule has 0 aliphatic carbocycles. The van der Waals surface area contributed by atoms with Crippen LogP contribution in [0, 0.1) is 6.92 Å². The molecule has 1 aromatic rings. The molecule has 82 valence electrons. The van der Waals surface area contributed by atoms with Gasteiger partial charge in [-0.05, 0) is 32.2 Å². The number of ether oxygens (including phenoxy) is 1. The van der Waals surface area contributed by atoms with Crippen LogP contribution in [0.4, 0.5) is 0 Å². The smallest absolute Gasteiger partial charge is 0.336 e. The lowest BCUT2D eigenvalue weighted by Gasteiger charge is -2.13. The van der Waals surface area contributed by atoms with E-state index in [0.29, 0.717) is 23.5 Å². The Morgan fingerprint density at radius 2 is 2.20 bits per heavy atom. The van der Waals surface area contributed by atoms with Gasteiger partial charge in [0, 0.05) is 10.5 Å². The SMILES string of the molecule is CCOc1c(SC)ccc(C(=O)O)c1C. The van der Waals surface area contributed by atoms with E-state index in [9.17, 15) is 4.79 Å². The molecule has 0 amide bonds. The van der Waals surface area contributed by atoms with Gasteiger partial charge >= 0.3 is 5.97 Å². The Bertz CT molecular complexity index is 374. The number of hydrogen-bond donors (Lipinski definition) is 1. The van der Waals surface area contributed by atoms with Gasteiger partial charge < -0.3 is 9.84 Å². The van der Waals surface area contributed by atoms with E-state index in [4.69, 9.17) is 9.84 Å². The van der Waals surface area contributed by atoms with Gasteiger partial charge in [0.2, 0.25) is 0 Å². The fraction of sp³-hybridized carbons (Fsp3) is 0.364. The van der Waals surface area contributed by atoms with Gasteiger partial charge in [0.25, 0.3) is 0 Å². The van der Waals surface area contributed by atoms with E-state index in [0.717, 1.165) is 4.90 Å². The van der Waals surface area contributed by atoms with Crippen molar-refractivity contribution in [3.63, 3.8) is 0 Å². The van der Waals surface area contributed by atoms with Crippen LogP contribution >= 0.6 is 11.8 Å². The average molecular weight is 226 g/mol. The van der Waals surface area contributed by atoms with Crippen molar-refractivity contribution in [1.82, 2.24) is 0 Å². The summed E-state index contributed by atoms with van der Waals surface area (Å²) in [5.74, 6) is -0.231. The normalized spacial score (nSPS) is 10.1. The summed E-state index contributed by atoms with van der Waals surface area (Å²) in [6.07, 6.45) is 1.94. The average Bonchev–Trinajstić information content (AvgIpc) is 2.20. The summed E-state index contributed by atoms with van der Waals surface area (Å²) < 4.78 is 5.47. The summed E-state index contributed by atoms with van der Waals surface area (Å²) in [6.45, 7) is 4.20. The summed E-state index contributed by atoms with van der Waals surface area (Å²) in [6, 6.07) is 3.40. The quantitative estimate of drug-likeness (QED) is 0.802. The lowest BCUT2D eigenvalue weighted by atomic mass is 10.1. The molecule has 0 aromatic heterocycles. The van der Waals surface area contributed by atoms with Gasteiger partial charge in [0.1, 0.15) is 5.75 Å². The molecule has 0 saturated carbocycles. The van der Waals surface area contributed by atoms with Gasteiger partial charge in [-0.1, -0.05) is 0 Å². The van der Waals surface area contributed by atoms with Crippen molar-refractivity contribution in [2.45, 2.75) is 18.7 Å². The highest BCUT2D eigenvalue weighted by molar-refractivity contribution is 7.98. The van der Waals surface area contributed by atoms with Crippen molar-refractivity contribution >= 4 is 17.7 Å². The molecule has 0 heterocycles. The highest BCUT2D eigenvalue weighted by Crippen LogP contribution is 2.33. The van der Waals surface area contributed by atoms with Crippen molar-refractivity contribution in [3.05, 3.63) is 23.3 Å². The number of benzene rings is 1. The molecule has 3 nitrogen and oxygen atoms in total. The summed E-state index contributed by atoms with van der Waals surface area (Å²) in [5.41, 5.74) is 0.993. The fourth-order valence-corrected chi connectivity index (χ4v) is 1.98. The number of carbonyl (C=O) groups is 1. The Kier molecular flexibility index (Phi) is 4.03. The van der Waals surface area contributed by atoms with E-state index in [1.807, 2.05) is 13.2 Å². The van der Waals surface area contributed by atoms with Crippen LogP contribution in [0.3, 0.4) is 0 Å². The molecule has 0 fully saturated rings. The summed E-state index contributed by atoms with van der Waals surface area (Å²) >= 11 is 1.55. The predicted molar refractivity (Wildman–Crippen MR) is 61.1 cm³/mol. The van der Waals surface area contributed by atoms with Crippen LogP contribution in [-0.2, 0) is 0 Å². The van der Waals surface area contributed by atoms with Gasteiger partial charge in [-0.15, -0.1) is 11.8 Å². The zero-order valence-electron chi connectivity index (χ0n) is 9.03. The Hall–Kier alpha value is -1.16. The highest BCUT2D eigenvalue weighted by atomic mass is 32.2. The Balaban J connectivity index is 3.28. The Labute approximate surface area is 93.4 Å². The summed E-state index contributed by atoms with van der Waals surface area (Å²) in [5, 5.41) is 8.96. The lowest BCUT2D eigenvalue weighted by molar-refractivity contribution is 0.0695. The maximum Gasteiger partial charge on any atom is 0.336 e. The molecule has 0 spiro atoms. The molecule has 0 unspecified atom stereocenters. The molecule has 0 bridgehead atoms. The summed E-state index contributed by atoms with van der Waals surface area (Å²) in [7, 11) is 0. The number of thioether (sulfide) groups is 1. The molecule has 4 heteroatoms. The van der Waals surface area contributed by atoms with Crippen LogP contribution in [-0.4, -0.2) is 23.9 Å². The van der Waals surface area contributed by atoms with Crippen molar-refractivity contribution < 1.29 is 14.6 Å². The molecular weight excluding hydrogens is 212 g/mol. The number of hydrogen-bond acceptors (Lipinski definition) is 3. The number of rotatable bonds is 4. The standard InChI is InChI=1S/C11H14O3S/c1-4-14-10-7(2)8(11(12)13)5-6-9(10)15-3/h5-6H,4H2,1-3H3,(H,12,13). The highest BCUT2D eigenvalue weighted by Gasteiger charge is 2.14. The van der Waals surface area contributed by atoms with Gasteiger partial charge in [0.15, 0.2) is 0 Å². The predicted octanol–water partition coefficient (Wildman–Crippen LogP) is 2.81. The van der Waals surface area contributed by atoms with Gasteiger partial charge in [-0.3, -0.25) is 0 Å². The topological polar surface area (TPSA) is 46.5 Å². The second-order valence-corrected chi connectivity index (χ2v) is 3.86. The van der Waals surface area contributed by atoms with Crippen molar-refractivity contribution in [1.29, 1.82) is 0 Å². The first-order valence-electron chi connectivity index (χ1n) is 4.65. The second-order valence-electron chi connectivity index (χ2n) is 3.01. The molecule has 1 N–H and O–H groups in total. The molecule has 0 saturated heterocycles. The molecule has 0 aliphatic heterocycles. The molecule has 15 heavy (non-hydrogen) atoms. The fourth-order valence-electron chi connectivity index (χ4n) is 1.38. The molecule has 1 rings (SSSR count). The van der Waals surface area contributed by atoms with Crippen molar-refractivity contribution in [3.8, 4) is 5.75 Å². The van der Waals surface area contributed by atoms with E-state index in [1.165, 1.54) is 0 Å². The van der Waals surface area contributed by atoms with E-state index >= 15 is 0 Å². The Morgan fingerprint density at radius 3 is 2.67 bits per heavy atom. The third-order valence-corrected chi connectivity index (χ3v) is 2.87. The maximum absolute atomic E-state index is 10.9. The lowest BCUT2D eigenvalue weighted by Crippen LogP contribution is -2.04. The van der Waals surface area contributed by atoms with Crippen LogP contribution in [0.5, 0.6) is 5.75 Å². The third kappa shape index (κ3) is 2.45. The van der Waals surface area contributed by atoms with Gasteiger partial charge in [-0.2, -0.15) is 0 Å². The van der Waals surface area contributed by atoms with Gasteiger partial charge in [0.05, 0.1) is 12.2 Å². The molecule has 0 radical (unpaired) electrons. The van der Waals surface area contributed by atoms with Crippen LogP contribution < -0.4 is 4.74 Å². The van der Waals surface area contributed by atoms with Crippen molar-refractivity contribution in [2.75, 3.05) is 12.9 Å². The minimum Gasteiger partial charge on any atom is -0.492 e. The van der Waals surface area contributed by atoms with E-state index in [1.54, 1.807) is 30.8 Å². The van der Waals surface area contributed by atoms with Crippen LogP contribution in [0.15, 0.2) is 17.0 Å². The van der Waals surface area contributed by atoms with Crippen LogP contribution in [0.25, 0.3) is 0 Å². The zero-order valence-corrected chi connectivity index (χ0v) is 9.85. The number of aromatic carboxylic acids is 1. The summed E-state index contributed by atoms with van der Waals surface area (Å²) in [4.78, 5) is 11.9. The largest absolute Gasteiger partial charge is 0.492 e. The maximum atomic E-state index is 10.9. The second kappa shape index (κ2) is 5.07. The number of carboxylic acid groups (broad SMARTS) is 1. The minimum atomic E-state index is -0.916. The molecule has 0 atom stereocenters. The molecular formula is C11H14O3S. The van der Waals surface area contributed by atoms with E-state index in [2.05, 4.69) is 0 Å². The third-order valence-electron chi connectivity index (χ3n) is 2.11. The zero-order chi connectivity index (χ0) is 11.4.